The van der Waals surface area contributed by atoms with Gasteiger partial charge < -0.3 is 10.1 Å². The molecule has 1 aliphatic heterocycles. The fourth-order valence-corrected chi connectivity index (χ4v) is 2.86. The molecular weight excluding hydrogens is 174 g/mol. The molecule has 0 amide bonds. The van der Waals surface area contributed by atoms with E-state index in [1.54, 1.807) is 0 Å². The Bertz CT molecular complexity index is 206. The Balaban J connectivity index is 1.98. The average Bonchev–Trinajstić information content (AvgIpc) is 2.56. The van der Waals surface area contributed by atoms with Gasteiger partial charge in [0.25, 0.3) is 0 Å². The Hall–Kier alpha value is -0.0800. The van der Waals surface area contributed by atoms with Crippen LogP contribution in [0, 0.1) is 5.92 Å². The molecule has 2 heteroatoms. The molecule has 0 aromatic rings. The summed E-state index contributed by atoms with van der Waals surface area (Å²) in [6.45, 7) is 7.77. The molecule has 4 atom stereocenters. The number of morpholine rings is 1. The molecule has 1 saturated carbocycles. The smallest absolute Gasteiger partial charge is 0.0813 e. The molecule has 1 heterocycles. The van der Waals surface area contributed by atoms with Crippen LogP contribution in [0.1, 0.15) is 46.5 Å². The summed E-state index contributed by atoms with van der Waals surface area (Å²) < 4.78 is 6.22. The third-order valence-electron chi connectivity index (χ3n) is 4.13. The molecule has 2 fully saturated rings. The molecule has 14 heavy (non-hydrogen) atoms. The maximum absolute atomic E-state index is 6.22. The molecule has 1 saturated heterocycles. The zero-order valence-electron chi connectivity index (χ0n) is 9.68. The van der Waals surface area contributed by atoms with E-state index in [1.807, 2.05) is 0 Å². The molecule has 1 N–H and O–H groups in total. The van der Waals surface area contributed by atoms with Gasteiger partial charge in [0.2, 0.25) is 0 Å². The Morgan fingerprint density at radius 3 is 2.79 bits per heavy atom. The molecule has 1 spiro atoms. The highest BCUT2D eigenvalue weighted by atomic mass is 16.5. The highest BCUT2D eigenvalue weighted by molar-refractivity contribution is 4.97. The molecule has 0 radical (unpaired) electrons. The summed E-state index contributed by atoms with van der Waals surface area (Å²) in [7, 11) is 0. The van der Waals surface area contributed by atoms with Gasteiger partial charge in [-0.3, -0.25) is 0 Å². The summed E-state index contributed by atoms with van der Waals surface area (Å²) in [4.78, 5) is 0. The van der Waals surface area contributed by atoms with E-state index < -0.39 is 0 Å². The van der Waals surface area contributed by atoms with Crippen LogP contribution in [0.4, 0.5) is 0 Å². The summed E-state index contributed by atoms with van der Waals surface area (Å²) in [6, 6.07) is 0.515. The molecule has 4 unspecified atom stereocenters. The summed E-state index contributed by atoms with van der Waals surface area (Å²) in [5.41, 5.74) is 0.187. The van der Waals surface area contributed by atoms with Gasteiger partial charge in [-0.1, -0.05) is 13.3 Å². The van der Waals surface area contributed by atoms with Crippen LogP contribution in [0.15, 0.2) is 0 Å². The minimum Gasteiger partial charge on any atom is -0.369 e. The second-order valence-corrected chi connectivity index (χ2v) is 5.19. The molecule has 1 aliphatic carbocycles. The third kappa shape index (κ3) is 1.82. The minimum atomic E-state index is 0.187. The van der Waals surface area contributed by atoms with E-state index in [2.05, 4.69) is 26.1 Å². The maximum atomic E-state index is 6.22. The topological polar surface area (TPSA) is 21.3 Å². The van der Waals surface area contributed by atoms with Crippen molar-refractivity contribution in [3.8, 4) is 0 Å². The first-order valence-corrected chi connectivity index (χ1v) is 6.06. The molecule has 82 valence electrons. The number of hydrogen-bond donors (Lipinski definition) is 1. The predicted molar refractivity (Wildman–Crippen MR) is 58.4 cm³/mol. The maximum Gasteiger partial charge on any atom is 0.0813 e. The summed E-state index contributed by atoms with van der Waals surface area (Å²) in [6.07, 6.45) is 5.58. The number of rotatable bonds is 1. The van der Waals surface area contributed by atoms with Crippen molar-refractivity contribution < 1.29 is 4.74 Å². The van der Waals surface area contributed by atoms with Crippen LogP contribution in [0.25, 0.3) is 0 Å². The van der Waals surface area contributed by atoms with Gasteiger partial charge >= 0.3 is 0 Å². The van der Waals surface area contributed by atoms with Crippen LogP contribution in [-0.4, -0.2) is 24.3 Å². The summed E-state index contributed by atoms with van der Waals surface area (Å²) >= 11 is 0. The Morgan fingerprint density at radius 1 is 1.43 bits per heavy atom. The van der Waals surface area contributed by atoms with Crippen molar-refractivity contribution in [2.75, 3.05) is 6.54 Å². The second kappa shape index (κ2) is 3.82. The Kier molecular flexibility index (Phi) is 2.85. The van der Waals surface area contributed by atoms with Gasteiger partial charge in [-0.25, -0.2) is 0 Å². The SMILES string of the molecule is CCC1CCC2(CNC(C)C(C)O2)C1. The van der Waals surface area contributed by atoms with E-state index in [0.29, 0.717) is 12.1 Å². The van der Waals surface area contributed by atoms with Crippen molar-refractivity contribution >= 4 is 0 Å². The van der Waals surface area contributed by atoms with E-state index >= 15 is 0 Å². The Labute approximate surface area is 87.4 Å². The van der Waals surface area contributed by atoms with Crippen molar-refractivity contribution in [1.29, 1.82) is 0 Å². The van der Waals surface area contributed by atoms with Crippen LogP contribution in [0.2, 0.25) is 0 Å². The molecule has 0 aromatic carbocycles. The zero-order valence-corrected chi connectivity index (χ0v) is 9.68. The zero-order chi connectivity index (χ0) is 10.2. The quantitative estimate of drug-likeness (QED) is 0.696. The minimum absolute atomic E-state index is 0.187. The molecule has 2 aliphatic rings. The van der Waals surface area contributed by atoms with Crippen molar-refractivity contribution in [3.05, 3.63) is 0 Å². The highest BCUT2D eigenvalue weighted by Crippen LogP contribution is 2.41. The summed E-state index contributed by atoms with van der Waals surface area (Å²) in [5, 5.41) is 3.58. The van der Waals surface area contributed by atoms with Crippen LogP contribution in [0.3, 0.4) is 0 Å². The van der Waals surface area contributed by atoms with E-state index in [9.17, 15) is 0 Å². The normalized spacial score (nSPS) is 48.6. The monoisotopic (exact) mass is 197 g/mol. The van der Waals surface area contributed by atoms with E-state index in [4.69, 9.17) is 4.74 Å². The third-order valence-corrected chi connectivity index (χ3v) is 4.13. The second-order valence-electron chi connectivity index (χ2n) is 5.19. The molecule has 2 nitrogen and oxygen atoms in total. The van der Waals surface area contributed by atoms with Crippen molar-refractivity contribution in [3.63, 3.8) is 0 Å². The fraction of sp³-hybridized carbons (Fsp3) is 1.00. The molecule has 0 aromatic heterocycles. The van der Waals surface area contributed by atoms with E-state index in [-0.39, 0.29) is 5.60 Å². The molecule has 0 bridgehead atoms. The van der Waals surface area contributed by atoms with Gasteiger partial charge in [0.1, 0.15) is 0 Å². The van der Waals surface area contributed by atoms with Crippen molar-refractivity contribution in [2.45, 2.75) is 64.2 Å². The van der Waals surface area contributed by atoms with Gasteiger partial charge in [-0.05, 0) is 39.0 Å². The summed E-state index contributed by atoms with van der Waals surface area (Å²) in [5.74, 6) is 0.900. The Morgan fingerprint density at radius 2 is 2.21 bits per heavy atom. The lowest BCUT2D eigenvalue weighted by Crippen LogP contribution is -2.56. The van der Waals surface area contributed by atoms with Gasteiger partial charge in [0, 0.05) is 12.6 Å². The van der Waals surface area contributed by atoms with Crippen molar-refractivity contribution in [2.24, 2.45) is 5.92 Å². The van der Waals surface area contributed by atoms with Crippen molar-refractivity contribution in [1.82, 2.24) is 5.32 Å². The highest BCUT2D eigenvalue weighted by Gasteiger charge is 2.43. The lowest BCUT2D eigenvalue weighted by atomic mass is 9.95. The number of nitrogens with one attached hydrogen (secondary N) is 1. The van der Waals surface area contributed by atoms with Crippen LogP contribution >= 0.6 is 0 Å². The van der Waals surface area contributed by atoms with Gasteiger partial charge in [0.15, 0.2) is 0 Å². The largest absolute Gasteiger partial charge is 0.369 e. The van der Waals surface area contributed by atoms with Gasteiger partial charge in [-0.15, -0.1) is 0 Å². The number of ether oxygens (including phenoxy) is 1. The van der Waals surface area contributed by atoms with Crippen LogP contribution < -0.4 is 5.32 Å². The van der Waals surface area contributed by atoms with E-state index in [1.165, 1.54) is 25.7 Å². The van der Waals surface area contributed by atoms with Crippen LogP contribution in [0.5, 0.6) is 0 Å². The predicted octanol–water partition coefficient (Wildman–Crippen LogP) is 2.33. The molecular formula is C12H23NO. The van der Waals surface area contributed by atoms with Gasteiger partial charge in [0.05, 0.1) is 11.7 Å². The molecule has 2 rings (SSSR count). The van der Waals surface area contributed by atoms with E-state index in [0.717, 1.165) is 12.5 Å². The van der Waals surface area contributed by atoms with Crippen LogP contribution in [-0.2, 0) is 4.74 Å². The average molecular weight is 197 g/mol. The first-order valence-electron chi connectivity index (χ1n) is 6.06. The fourth-order valence-electron chi connectivity index (χ4n) is 2.86. The first-order chi connectivity index (χ1) is 6.65. The lowest BCUT2D eigenvalue weighted by molar-refractivity contribution is -0.123. The lowest BCUT2D eigenvalue weighted by Gasteiger charge is -2.41. The van der Waals surface area contributed by atoms with Gasteiger partial charge in [-0.2, -0.15) is 0 Å². The standard InChI is InChI=1S/C12H23NO/c1-4-11-5-6-12(7-11)8-13-9(2)10(3)14-12/h9-11,13H,4-8H2,1-3H3. The first kappa shape index (κ1) is 10.4. The number of hydrogen-bond acceptors (Lipinski definition) is 2.